The van der Waals surface area contributed by atoms with E-state index in [9.17, 15) is 63.0 Å². The number of aromatic nitrogens is 3. The number of anilines is 2. The maximum absolute atomic E-state index is 15.2. The molecule has 0 saturated carbocycles. The number of hydrogen-bond acceptors (Lipinski definition) is 21. The zero-order valence-corrected chi connectivity index (χ0v) is 44.1. The first-order valence-electron chi connectivity index (χ1n) is 25.1. The van der Waals surface area contributed by atoms with Crippen LogP contribution in [-0.2, 0) is 64.4 Å². The molecule has 0 unspecified atom stereocenters. The molecule has 2 aromatic heterocycles. The van der Waals surface area contributed by atoms with Crippen LogP contribution >= 0.6 is 0 Å². The Morgan fingerprint density at radius 2 is 1.57 bits per heavy atom. The minimum atomic E-state index is -4.27. The number of nitrogens with one attached hydrogen (secondary N) is 3. The molecule has 29 nitrogen and oxygen atoms in total. The number of benzene rings is 2. The van der Waals surface area contributed by atoms with Crippen molar-refractivity contribution >= 4 is 62.3 Å². The van der Waals surface area contributed by atoms with Crippen molar-refractivity contribution in [3.05, 3.63) is 83.6 Å². The topological polar surface area (TPSA) is 419 Å². The van der Waals surface area contributed by atoms with Crippen LogP contribution in [0.3, 0.4) is 0 Å². The number of nitrogens with zero attached hydrogens (tertiary/aromatic N) is 4. The number of halogens is 1. The van der Waals surface area contributed by atoms with E-state index in [4.69, 9.17) is 44.0 Å². The second-order valence-corrected chi connectivity index (χ2v) is 19.6. The summed E-state index contributed by atoms with van der Waals surface area (Å²) in [5, 5.41) is 74.3. The Bertz CT molecular complexity index is 3140. The first-order valence-corrected chi connectivity index (χ1v) is 26.7. The number of carboxylic acids is 1. The van der Waals surface area contributed by atoms with Gasteiger partial charge in [0.25, 0.3) is 22.0 Å². The van der Waals surface area contributed by atoms with Gasteiger partial charge in [-0.15, -0.1) is 0 Å². The van der Waals surface area contributed by atoms with E-state index >= 15 is 4.39 Å². The van der Waals surface area contributed by atoms with Crippen molar-refractivity contribution in [1.29, 1.82) is 0 Å². The standard InChI is InChI=1S/C50H60FN9O20S/c1-2-77-32-5-3-4-30(51)29(32)8-7-28-25-60(48-43(68)40(65)34(78-48)23-56-81(53,72)73)47-39(28)46(52)55-26-58(47)24-27-6-9-33(79-50-44(69)41(66)42(67)45(80-50)49(70)71)31(22-27)57-36(62)12-14-54-35(61)13-16-74-18-20-76-21-19-75-17-15-59-37(63)10-11-38(59)64/h3-6,9-11,22,25-26,34,40-45,48,50,52,56,65-69H,2,12-21,23-24H2,1H3,(H5,53,54,57,61,62,70,71,72,73)/p+1/t34-,40-,41+,42+,43-,44-,45+,48-,50-/m1/s1. The Morgan fingerprint density at radius 1 is 0.864 bits per heavy atom. The van der Waals surface area contributed by atoms with Gasteiger partial charge in [-0.1, -0.05) is 29.0 Å². The van der Waals surface area contributed by atoms with Gasteiger partial charge in [-0.2, -0.15) is 13.1 Å². The highest BCUT2D eigenvalue weighted by Gasteiger charge is 2.49. The predicted octanol–water partition coefficient (Wildman–Crippen LogP) is -3.62. The number of carbonyl (C=O) groups is 5. The Balaban J connectivity index is 1.08. The van der Waals surface area contributed by atoms with Gasteiger partial charge >= 0.3 is 5.97 Å². The van der Waals surface area contributed by atoms with Gasteiger partial charge in [0.1, 0.15) is 64.9 Å². The molecule has 0 aliphatic carbocycles. The Labute approximate surface area is 461 Å². The number of aliphatic hydroxyl groups excluding tert-OH is 5. The number of carbonyl (C=O) groups excluding carboxylic acids is 4. The molecule has 31 heteroatoms. The molecule has 2 aromatic carbocycles. The fourth-order valence-corrected chi connectivity index (χ4v) is 8.95. The number of imide groups is 1. The minimum Gasteiger partial charge on any atom is -0.492 e. The summed E-state index contributed by atoms with van der Waals surface area (Å²) < 4.78 is 82.7. The quantitative estimate of drug-likeness (QED) is 0.0119. The number of fused-ring (bicyclic) bond motifs is 1. The molecule has 7 rings (SSSR count). The van der Waals surface area contributed by atoms with Crippen LogP contribution in [-0.4, -0.2) is 198 Å². The molecule has 13 N–H and O–H groups in total. The van der Waals surface area contributed by atoms with E-state index in [1.165, 1.54) is 70.2 Å². The average Bonchev–Trinajstić information content (AvgIpc) is 3.23. The van der Waals surface area contributed by atoms with E-state index in [1.54, 1.807) is 6.92 Å². The van der Waals surface area contributed by atoms with Crippen LogP contribution in [0, 0.1) is 17.7 Å². The molecular formula is C50H61FN9O20S+. The zero-order chi connectivity index (χ0) is 58.5. The zero-order valence-electron chi connectivity index (χ0n) is 43.3. The number of ether oxygens (including phenoxy) is 7. The molecule has 4 aromatic rings. The molecule has 0 bridgehead atoms. The lowest BCUT2D eigenvalue weighted by Gasteiger charge is -2.38. The van der Waals surface area contributed by atoms with Crippen molar-refractivity contribution < 1.29 is 105 Å². The van der Waals surface area contributed by atoms with Crippen molar-refractivity contribution in [3.8, 4) is 23.3 Å². The van der Waals surface area contributed by atoms with E-state index in [-0.39, 0.29) is 124 Å². The number of amides is 4. The molecule has 438 valence electrons. The molecule has 5 heterocycles. The normalized spacial score (nSPS) is 22.7. The van der Waals surface area contributed by atoms with Gasteiger partial charge in [-0.25, -0.2) is 23.5 Å². The molecular weight excluding hydrogens is 1100 g/mol. The first kappa shape index (κ1) is 61.3. The molecule has 4 amide bonds. The van der Waals surface area contributed by atoms with Gasteiger partial charge in [-0.05, 0) is 36.8 Å². The van der Waals surface area contributed by atoms with E-state index < -0.39 is 107 Å². The molecule has 3 aliphatic heterocycles. The number of nitrogens with two attached hydrogens (primary N) is 2. The average molecular weight is 1160 g/mol. The Hall–Kier alpha value is -7.29. The molecule has 0 radical (unpaired) electrons. The fraction of sp³-hybridized carbons (Fsp3) is 0.460. The lowest BCUT2D eigenvalue weighted by molar-refractivity contribution is -0.668. The second kappa shape index (κ2) is 27.9. The monoisotopic (exact) mass is 1160 g/mol. The van der Waals surface area contributed by atoms with Gasteiger partial charge < -0.3 is 80.2 Å². The summed E-state index contributed by atoms with van der Waals surface area (Å²) in [4.78, 5) is 66.7. The smallest absolute Gasteiger partial charge is 0.335 e. The molecule has 0 spiro atoms. The number of aliphatic hydroxyl groups is 5. The van der Waals surface area contributed by atoms with Crippen LogP contribution in [0.25, 0.3) is 11.0 Å². The summed E-state index contributed by atoms with van der Waals surface area (Å²) >= 11 is 0. The third kappa shape index (κ3) is 15.8. The van der Waals surface area contributed by atoms with Gasteiger partial charge in [0, 0.05) is 38.1 Å². The lowest BCUT2D eigenvalue weighted by atomic mass is 9.99. The van der Waals surface area contributed by atoms with Crippen LogP contribution in [0.15, 0.2) is 61.1 Å². The molecule has 2 saturated heterocycles. The van der Waals surface area contributed by atoms with Gasteiger partial charge in [-0.3, -0.25) is 24.1 Å². The van der Waals surface area contributed by atoms with Crippen LogP contribution in [0.2, 0.25) is 0 Å². The van der Waals surface area contributed by atoms with Crippen molar-refractivity contribution in [2.45, 2.75) is 81.6 Å². The molecule has 81 heavy (non-hydrogen) atoms. The lowest BCUT2D eigenvalue weighted by Crippen LogP contribution is -2.61. The number of rotatable bonds is 27. The molecule has 2 fully saturated rings. The van der Waals surface area contributed by atoms with E-state index in [0.29, 0.717) is 5.56 Å². The van der Waals surface area contributed by atoms with Crippen LogP contribution in [0.5, 0.6) is 11.5 Å². The summed E-state index contributed by atoms with van der Waals surface area (Å²) in [6.45, 7) is 2.06. The number of hydrogen-bond donors (Lipinski definition) is 11. The van der Waals surface area contributed by atoms with Crippen molar-refractivity contribution in [3.63, 3.8) is 0 Å². The summed E-state index contributed by atoms with van der Waals surface area (Å²) in [5.41, 5.74) is 6.91. The largest absolute Gasteiger partial charge is 0.492 e. The summed E-state index contributed by atoms with van der Waals surface area (Å²) in [6.07, 6.45) is -11.5. The van der Waals surface area contributed by atoms with Crippen molar-refractivity contribution in [2.75, 3.05) is 76.9 Å². The fourth-order valence-electron chi connectivity index (χ4n) is 8.55. The maximum atomic E-state index is 15.2. The molecule has 3 aliphatic rings. The number of nitrogen functional groups attached to an aromatic ring is 1. The Kier molecular flexibility index (Phi) is 21.1. The van der Waals surface area contributed by atoms with Crippen LogP contribution < -0.4 is 40.3 Å². The second-order valence-electron chi connectivity index (χ2n) is 18.2. The maximum Gasteiger partial charge on any atom is 0.335 e. The summed E-state index contributed by atoms with van der Waals surface area (Å²) in [6, 6.07) is 8.34. The van der Waals surface area contributed by atoms with E-state index in [2.05, 4.69) is 27.5 Å². The highest BCUT2D eigenvalue weighted by Crippen LogP contribution is 2.36. The third-order valence-electron chi connectivity index (χ3n) is 12.5. The van der Waals surface area contributed by atoms with E-state index in [1.807, 2.05) is 4.72 Å². The Morgan fingerprint density at radius 3 is 2.26 bits per heavy atom. The van der Waals surface area contributed by atoms with E-state index in [0.717, 1.165) is 4.90 Å². The van der Waals surface area contributed by atoms with Crippen LogP contribution in [0.1, 0.15) is 42.7 Å². The highest BCUT2D eigenvalue weighted by molar-refractivity contribution is 7.87. The first-order chi connectivity index (χ1) is 38.6. The summed E-state index contributed by atoms with van der Waals surface area (Å²) in [7, 11) is -4.27. The van der Waals surface area contributed by atoms with Crippen molar-refractivity contribution in [1.82, 2.24) is 24.5 Å². The van der Waals surface area contributed by atoms with Crippen LogP contribution in [0.4, 0.5) is 15.9 Å². The molecule has 9 atom stereocenters. The number of aliphatic carboxylic acids is 1. The highest BCUT2D eigenvalue weighted by atomic mass is 32.2. The van der Waals surface area contributed by atoms with Crippen molar-refractivity contribution in [2.24, 2.45) is 5.14 Å². The van der Waals surface area contributed by atoms with Gasteiger partial charge in [0.15, 0.2) is 6.10 Å². The SMILES string of the molecule is CCOc1cccc(F)c1C#Cc1cn([C@@H]2O[C@H](CNS(N)(=O)=O)[C@@H](O)[C@H]2O)c2c1c(N)nc[n+]2Cc1ccc(O[C@@H]2O[C@H](C(=O)O)[C@@H](O)[C@H](O)[C@H]2O)c(NC(=O)CCNC(=O)CCOCCOCCOCCN2C(=O)C=CC2=O)c1. The third-order valence-corrected chi connectivity index (χ3v) is 13.1. The summed E-state index contributed by atoms with van der Waals surface area (Å²) in [5.74, 6) is 1.17. The number of carboxylic acid groups (broad SMARTS) is 1. The minimum absolute atomic E-state index is 0.0204. The van der Waals surface area contributed by atoms with Gasteiger partial charge in [0.2, 0.25) is 42.1 Å². The van der Waals surface area contributed by atoms with Gasteiger partial charge in [0.05, 0.1) is 76.8 Å². The predicted molar refractivity (Wildman–Crippen MR) is 275 cm³/mol.